The molecule has 3 amide bonds. The summed E-state index contributed by atoms with van der Waals surface area (Å²) in [7, 11) is 0. The predicted molar refractivity (Wildman–Crippen MR) is 189 cm³/mol. The van der Waals surface area contributed by atoms with E-state index in [4.69, 9.17) is 18.9 Å². The molecule has 1 heterocycles. The number of carbonyl (C=O) groups is 3. The number of nitrogens with zero attached hydrogens (tertiary/aromatic N) is 1. The number of ether oxygens (including phenoxy) is 4. The predicted octanol–water partition coefficient (Wildman–Crippen LogP) is 7.52. The number of benzene rings is 2. The van der Waals surface area contributed by atoms with E-state index in [0.717, 1.165) is 11.6 Å². The Morgan fingerprint density at radius 3 is 2.04 bits per heavy atom. The number of rotatable bonds is 16. The molecule has 2 aromatic carbocycles. The van der Waals surface area contributed by atoms with E-state index in [-0.39, 0.29) is 18.2 Å². The van der Waals surface area contributed by atoms with Gasteiger partial charge in [0, 0.05) is 12.0 Å². The smallest absolute Gasteiger partial charge is 0.427 e. The molecule has 0 aliphatic carbocycles. The van der Waals surface area contributed by atoms with Gasteiger partial charge in [0.2, 0.25) is 11.5 Å². The molecular weight excluding hydrogens is 681 g/mol. The van der Waals surface area contributed by atoms with E-state index < -0.39 is 66.2 Å². The molecule has 0 fully saturated rings. The minimum Gasteiger partial charge on any atom is -0.472 e. The van der Waals surface area contributed by atoms with Crippen LogP contribution in [0.15, 0.2) is 92.0 Å². The number of hydrazine groups is 1. The van der Waals surface area contributed by atoms with Crippen molar-refractivity contribution in [1.29, 1.82) is 0 Å². The monoisotopic (exact) mass is 726 g/mol. The van der Waals surface area contributed by atoms with Gasteiger partial charge in [-0.1, -0.05) is 72.8 Å². The molecule has 0 saturated heterocycles. The molecule has 0 aliphatic rings. The molecule has 0 aliphatic heterocycles. The van der Waals surface area contributed by atoms with Gasteiger partial charge in [-0.2, -0.15) is 13.2 Å². The molecule has 11 nitrogen and oxygen atoms in total. The van der Waals surface area contributed by atoms with E-state index in [1.165, 1.54) is 18.2 Å². The number of amides is 3. The highest BCUT2D eigenvalue weighted by Crippen LogP contribution is 2.38. The zero-order valence-electron chi connectivity index (χ0n) is 29.8. The number of pyridine rings is 1. The first-order chi connectivity index (χ1) is 24.5. The minimum absolute atomic E-state index is 0.0430. The van der Waals surface area contributed by atoms with Crippen molar-refractivity contribution in [1.82, 2.24) is 15.8 Å². The molecule has 1 unspecified atom stereocenters. The summed E-state index contributed by atoms with van der Waals surface area (Å²) in [6.07, 6.45) is -5.30. The second-order valence-electron chi connectivity index (χ2n) is 12.8. The summed E-state index contributed by atoms with van der Waals surface area (Å²) >= 11 is 0. The van der Waals surface area contributed by atoms with Crippen molar-refractivity contribution in [3.8, 4) is 5.88 Å². The molecule has 0 saturated carbocycles. The maximum atomic E-state index is 14.5. The molecule has 3 rings (SSSR count). The summed E-state index contributed by atoms with van der Waals surface area (Å²) in [5.74, 6) is -2.94. The van der Waals surface area contributed by atoms with Crippen LogP contribution in [0, 0.1) is 6.92 Å². The van der Waals surface area contributed by atoms with Crippen LogP contribution >= 0.6 is 0 Å². The van der Waals surface area contributed by atoms with Crippen molar-refractivity contribution in [2.45, 2.75) is 90.3 Å². The summed E-state index contributed by atoms with van der Waals surface area (Å²) in [5, 5.41) is 2.44. The molecular formula is C38H45F3N4O7. The lowest BCUT2D eigenvalue weighted by Crippen LogP contribution is -2.61. The van der Waals surface area contributed by atoms with Crippen LogP contribution in [0.4, 0.5) is 23.7 Å². The zero-order chi connectivity index (χ0) is 38.5. The molecule has 3 aromatic rings. The first-order valence-electron chi connectivity index (χ1n) is 16.4. The van der Waals surface area contributed by atoms with Crippen molar-refractivity contribution in [3.63, 3.8) is 0 Å². The van der Waals surface area contributed by atoms with Crippen molar-refractivity contribution >= 4 is 23.6 Å². The second-order valence-corrected chi connectivity index (χ2v) is 12.8. The largest absolute Gasteiger partial charge is 0.472 e. The highest BCUT2D eigenvalue weighted by Gasteiger charge is 2.61. The van der Waals surface area contributed by atoms with E-state index in [1.807, 2.05) is 41.2 Å². The third kappa shape index (κ3) is 11.7. The second kappa shape index (κ2) is 18.3. The SMILES string of the molecule is C=CCC(OCc1ccccc1)[C@@H](C)Oc1nc(C(=O)NNC(=O)[C@@](CC=C)(OCc2ccccc2)C(F)(F)F)c(NC(=O)OC(C)(C)C)cc1C. The quantitative estimate of drug-likeness (QED) is 0.102. The molecule has 14 heteroatoms. The summed E-state index contributed by atoms with van der Waals surface area (Å²) in [4.78, 5) is 43.9. The summed E-state index contributed by atoms with van der Waals surface area (Å²) < 4.78 is 66.4. The summed E-state index contributed by atoms with van der Waals surface area (Å²) in [6, 6.07) is 18.8. The molecule has 280 valence electrons. The van der Waals surface area contributed by atoms with Gasteiger partial charge >= 0.3 is 12.3 Å². The average molecular weight is 727 g/mol. The average Bonchev–Trinajstić information content (AvgIpc) is 3.07. The lowest BCUT2D eigenvalue weighted by Gasteiger charge is -2.33. The molecule has 52 heavy (non-hydrogen) atoms. The number of alkyl halides is 3. The standard InChI is InChI=1S/C38H45F3N4O7/c1-8-16-30(49-23-27-17-12-10-13-18-27)26(4)51-33-25(3)22-29(42-35(48)52-36(5,6)7)31(43-33)32(46)44-45-34(47)37(21-9-2,38(39,40)41)50-24-28-19-14-11-15-20-28/h8-15,17-20,22,26,30H,1-2,16,21,23-24H2,3-7H3,(H,42,48)(H,44,46)(H,45,47)/t26-,30?,37-/m1/s1. The highest BCUT2D eigenvalue weighted by molar-refractivity contribution is 6.02. The number of anilines is 1. The minimum atomic E-state index is -5.22. The van der Waals surface area contributed by atoms with Gasteiger partial charge in [0.25, 0.3) is 11.8 Å². The van der Waals surface area contributed by atoms with E-state index in [2.05, 4.69) is 23.5 Å². The van der Waals surface area contributed by atoms with Gasteiger partial charge in [0.1, 0.15) is 11.7 Å². The maximum Gasteiger partial charge on any atom is 0.427 e. The van der Waals surface area contributed by atoms with E-state index in [1.54, 1.807) is 58.9 Å². The van der Waals surface area contributed by atoms with Gasteiger partial charge in [-0.15, -0.1) is 13.2 Å². The van der Waals surface area contributed by atoms with Crippen molar-refractivity contribution in [2.24, 2.45) is 0 Å². The van der Waals surface area contributed by atoms with Crippen molar-refractivity contribution < 1.29 is 46.5 Å². The van der Waals surface area contributed by atoms with Gasteiger partial charge in [-0.3, -0.25) is 25.8 Å². The molecule has 3 N–H and O–H groups in total. The Bertz CT molecular complexity index is 1680. The lowest BCUT2D eigenvalue weighted by atomic mass is 9.97. The third-order valence-corrected chi connectivity index (χ3v) is 7.42. The Balaban J connectivity index is 1.91. The Morgan fingerprint density at radius 1 is 0.904 bits per heavy atom. The van der Waals surface area contributed by atoms with Crippen molar-refractivity contribution in [3.05, 3.63) is 114 Å². The van der Waals surface area contributed by atoms with Gasteiger partial charge < -0.3 is 18.9 Å². The fourth-order valence-corrected chi connectivity index (χ4v) is 4.79. The Morgan fingerprint density at radius 2 is 1.50 bits per heavy atom. The van der Waals surface area contributed by atoms with Crippen LogP contribution in [0.2, 0.25) is 0 Å². The van der Waals surface area contributed by atoms with Gasteiger partial charge in [-0.05, 0) is 58.2 Å². The number of aromatic nitrogens is 1. The topological polar surface area (TPSA) is 137 Å². The first-order valence-corrected chi connectivity index (χ1v) is 16.4. The van der Waals surface area contributed by atoms with Gasteiger partial charge in [0.15, 0.2) is 5.69 Å². The molecule has 0 bridgehead atoms. The van der Waals surface area contributed by atoms with E-state index in [9.17, 15) is 27.6 Å². The number of carbonyl (C=O) groups excluding carboxylic acids is 3. The number of aryl methyl sites for hydroxylation is 1. The van der Waals surface area contributed by atoms with Gasteiger partial charge in [0.05, 0.1) is 25.0 Å². The van der Waals surface area contributed by atoms with Crippen LogP contribution in [0.3, 0.4) is 0 Å². The first kappa shape index (κ1) is 41.2. The summed E-state index contributed by atoms with van der Waals surface area (Å²) in [6.45, 7) is 15.1. The molecule has 0 spiro atoms. The number of hydrogen-bond donors (Lipinski definition) is 3. The lowest BCUT2D eigenvalue weighted by molar-refractivity contribution is -0.270. The third-order valence-electron chi connectivity index (χ3n) is 7.42. The normalized spacial score (nSPS) is 13.8. The number of halogens is 3. The van der Waals surface area contributed by atoms with Crippen molar-refractivity contribution in [2.75, 3.05) is 5.32 Å². The Hall–Kier alpha value is -5.21. The molecule has 3 atom stereocenters. The van der Waals surface area contributed by atoms with Gasteiger partial charge in [-0.25, -0.2) is 9.78 Å². The number of nitrogens with one attached hydrogen (secondary N) is 3. The highest BCUT2D eigenvalue weighted by atomic mass is 19.4. The fraction of sp³-hybridized carbons (Fsp3) is 0.368. The van der Waals surface area contributed by atoms with E-state index >= 15 is 0 Å². The summed E-state index contributed by atoms with van der Waals surface area (Å²) in [5.41, 5.74) is 0.493. The zero-order valence-corrected chi connectivity index (χ0v) is 29.8. The van der Waals surface area contributed by atoms with Crippen LogP contribution in [0.1, 0.15) is 67.7 Å². The fourth-order valence-electron chi connectivity index (χ4n) is 4.79. The Labute approximate surface area is 301 Å². The van der Waals surface area contributed by atoms with Crippen LogP contribution in [-0.2, 0) is 32.2 Å². The number of hydrogen-bond acceptors (Lipinski definition) is 8. The molecule has 0 radical (unpaired) electrons. The van der Waals surface area contributed by atoms with E-state index in [0.29, 0.717) is 17.5 Å². The Kier molecular flexibility index (Phi) is 14.5. The van der Waals surface area contributed by atoms with Crippen LogP contribution in [0.5, 0.6) is 5.88 Å². The maximum absolute atomic E-state index is 14.5. The van der Waals surface area contributed by atoms with Crippen LogP contribution < -0.4 is 20.9 Å². The van der Waals surface area contributed by atoms with Crippen LogP contribution in [-0.4, -0.2) is 52.5 Å². The van der Waals surface area contributed by atoms with Crippen LogP contribution in [0.25, 0.3) is 0 Å². The molecule has 1 aromatic heterocycles.